The van der Waals surface area contributed by atoms with E-state index in [1.165, 1.54) is 12.1 Å². The number of ether oxygens (including phenoxy) is 1. The molecule has 8 heteroatoms. The number of aromatic hydroxyl groups is 1. The number of anilines is 1. The summed E-state index contributed by atoms with van der Waals surface area (Å²) < 4.78 is 5.44. The van der Waals surface area contributed by atoms with Crippen LogP contribution in [-0.2, 0) is 14.3 Å². The van der Waals surface area contributed by atoms with Gasteiger partial charge in [0.25, 0.3) is 5.91 Å². The molecule has 1 aliphatic carbocycles. The van der Waals surface area contributed by atoms with E-state index < -0.39 is 23.8 Å². The monoisotopic (exact) mass is 545 g/mol. The number of amides is 3. The molecule has 3 N–H and O–H groups in total. The van der Waals surface area contributed by atoms with Gasteiger partial charge in [-0.05, 0) is 86.6 Å². The van der Waals surface area contributed by atoms with Crippen LogP contribution in [0.3, 0.4) is 0 Å². The molecule has 3 aromatic rings. The zero-order valence-electron chi connectivity index (χ0n) is 23.8. The van der Waals surface area contributed by atoms with Crippen molar-refractivity contribution in [3.05, 3.63) is 72.3 Å². The number of rotatable bonds is 8. The van der Waals surface area contributed by atoms with Crippen LogP contribution in [0.5, 0.6) is 5.75 Å². The van der Waals surface area contributed by atoms with E-state index in [4.69, 9.17) is 4.74 Å². The molecule has 0 saturated heterocycles. The smallest absolute Gasteiger partial charge is 0.408 e. The molecule has 212 valence electrons. The maximum Gasteiger partial charge on any atom is 0.408 e. The Morgan fingerprint density at radius 1 is 0.950 bits per heavy atom. The van der Waals surface area contributed by atoms with Crippen molar-refractivity contribution in [3.63, 3.8) is 0 Å². The zero-order chi connectivity index (χ0) is 29.0. The van der Waals surface area contributed by atoms with Gasteiger partial charge >= 0.3 is 6.09 Å². The van der Waals surface area contributed by atoms with Gasteiger partial charge in [-0.1, -0.05) is 56.3 Å². The SMILES string of the molecule is CC(C)C(NC(=O)OC(C)(C)C)C(=O)N(C1CCC1)C(C(=O)Nc1ccc2ccccc2c1)c1ccc(O)cc1. The molecule has 1 aliphatic rings. The van der Waals surface area contributed by atoms with Crippen molar-refractivity contribution >= 4 is 34.4 Å². The highest BCUT2D eigenvalue weighted by Gasteiger charge is 2.42. The standard InChI is InChI=1S/C32H39N3O5/c1-20(2)27(34-31(39)40-32(3,4)5)30(38)35(25-11-8-12-25)28(22-14-17-26(36)18-15-22)29(37)33-24-16-13-21-9-6-7-10-23(21)19-24/h6-7,9-10,13-20,25,27-28,36H,8,11-12H2,1-5H3,(H,33,37)(H,34,39). The highest BCUT2D eigenvalue weighted by Crippen LogP contribution is 2.35. The van der Waals surface area contributed by atoms with Crippen LogP contribution in [-0.4, -0.2) is 45.6 Å². The van der Waals surface area contributed by atoms with Crippen molar-refractivity contribution in [2.75, 3.05) is 5.32 Å². The minimum atomic E-state index is -0.980. The quantitative estimate of drug-likeness (QED) is 0.314. The number of hydrogen-bond donors (Lipinski definition) is 3. The number of hydrogen-bond acceptors (Lipinski definition) is 5. The van der Waals surface area contributed by atoms with E-state index in [1.54, 1.807) is 37.8 Å². The lowest BCUT2D eigenvalue weighted by Crippen LogP contribution is -2.58. The number of benzene rings is 3. The van der Waals surface area contributed by atoms with Crippen molar-refractivity contribution < 1.29 is 24.2 Å². The van der Waals surface area contributed by atoms with E-state index in [2.05, 4.69) is 10.6 Å². The molecular formula is C32H39N3O5. The fourth-order valence-electron chi connectivity index (χ4n) is 4.86. The largest absolute Gasteiger partial charge is 0.508 e. The van der Waals surface area contributed by atoms with Crippen LogP contribution in [0.1, 0.15) is 65.5 Å². The van der Waals surface area contributed by atoms with Crippen LogP contribution >= 0.6 is 0 Å². The van der Waals surface area contributed by atoms with Gasteiger partial charge in [0.15, 0.2) is 0 Å². The Kier molecular flexibility index (Phi) is 8.67. The number of carbonyl (C=O) groups excluding carboxylic acids is 3. The lowest BCUT2D eigenvalue weighted by atomic mass is 9.87. The number of phenols is 1. The maximum atomic E-state index is 14.3. The average molecular weight is 546 g/mol. The minimum absolute atomic E-state index is 0.0607. The second-order valence-electron chi connectivity index (χ2n) is 11.7. The number of fused-ring (bicyclic) bond motifs is 1. The Hall–Kier alpha value is -4.07. The third-order valence-corrected chi connectivity index (χ3v) is 7.08. The number of carbonyl (C=O) groups is 3. The van der Waals surface area contributed by atoms with E-state index in [1.807, 2.05) is 56.3 Å². The van der Waals surface area contributed by atoms with Crippen molar-refractivity contribution in [3.8, 4) is 5.75 Å². The predicted octanol–water partition coefficient (Wildman–Crippen LogP) is 6.16. The van der Waals surface area contributed by atoms with Crippen LogP contribution < -0.4 is 10.6 Å². The Labute approximate surface area is 235 Å². The molecule has 0 aromatic heterocycles. The molecule has 40 heavy (non-hydrogen) atoms. The molecule has 3 amide bonds. The van der Waals surface area contributed by atoms with Gasteiger partial charge in [0.05, 0.1) is 0 Å². The summed E-state index contributed by atoms with van der Waals surface area (Å²) in [5.41, 5.74) is 0.452. The van der Waals surface area contributed by atoms with Gasteiger partial charge in [0.2, 0.25) is 5.91 Å². The third-order valence-electron chi connectivity index (χ3n) is 7.08. The van der Waals surface area contributed by atoms with E-state index in [-0.39, 0.29) is 29.5 Å². The van der Waals surface area contributed by atoms with Gasteiger partial charge in [0, 0.05) is 11.7 Å². The minimum Gasteiger partial charge on any atom is -0.508 e. The molecule has 1 saturated carbocycles. The molecule has 1 fully saturated rings. The highest BCUT2D eigenvalue weighted by atomic mass is 16.6. The summed E-state index contributed by atoms with van der Waals surface area (Å²) in [4.78, 5) is 42.6. The van der Waals surface area contributed by atoms with Crippen LogP contribution in [0.4, 0.5) is 10.5 Å². The van der Waals surface area contributed by atoms with Gasteiger partial charge in [-0.2, -0.15) is 0 Å². The first kappa shape index (κ1) is 28.9. The number of alkyl carbamates (subject to hydrolysis) is 1. The molecule has 0 spiro atoms. The molecule has 0 bridgehead atoms. The first-order valence-corrected chi connectivity index (χ1v) is 13.8. The summed E-state index contributed by atoms with van der Waals surface area (Å²) in [5, 5.41) is 17.7. The Balaban J connectivity index is 1.70. The molecule has 0 radical (unpaired) electrons. The first-order chi connectivity index (χ1) is 18.9. The fraction of sp³-hybridized carbons (Fsp3) is 0.406. The lowest BCUT2D eigenvalue weighted by Gasteiger charge is -2.44. The summed E-state index contributed by atoms with van der Waals surface area (Å²) in [6.45, 7) is 8.99. The fourth-order valence-corrected chi connectivity index (χ4v) is 4.86. The van der Waals surface area contributed by atoms with E-state index in [0.29, 0.717) is 11.3 Å². The van der Waals surface area contributed by atoms with E-state index >= 15 is 0 Å². The Morgan fingerprint density at radius 3 is 2.17 bits per heavy atom. The van der Waals surface area contributed by atoms with Gasteiger partial charge < -0.3 is 25.4 Å². The molecule has 2 unspecified atom stereocenters. The molecule has 0 aliphatic heterocycles. The van der Waals surface area contributed by atoms with Crippen molar-refractivity contribution in [1.82, 2.24) is 10.2 Å². The van der Waals surface area contributed by atoms with Crippen molar-refractivity contribution in [2.24, 2.45) is 5.92 Å². The predicted molar refractivity (Wildman–Crippen MR) is 156 cm³/mol. The molecule has 0 heterocycles. The second-order valence-corrected chi connectivity index (χ2v) is 11.7. The summed E-state index contributed by atoms with van der Waals surface area (Å²) in [6, 6.07) is 17.8. The molecular weight excluding hydrogens is 506 g/mol. The van der Waals surface area contributed by atoms with Crippen LogP contribution in [0.2, 0.25) is 0 Å². The molecule has 2 atom stereocenters. The topological polar surface area (TPSA) is 108 Å². The van der Waals surface area contributed by atoms with Crippen molar-refractivity contribution in [2.45, 2.75) is 77.6 Å². The molecule has 3 aromatic carbocycles. The normalized spacial score (nSPS) is 15.2. The van der Waals surface area contributed by atoms with Crippen LogP contribution in [0.25, 0.3) is 10.8 Å². The summed E-state index contributed by atoms with van der Waals surface area (Å²) in [6.07, 6.45) is 1.76. The summed E-state index contributed by atoms with van der Waals surface area (Å²) in [5.74, 6) is -0.921. The first-order valence-electron chi connectivity index (χ1n) is 13.8. The number of nitrogens with one attached hydrogen (secondary N) is 2. The van der Waals surface area contributed by atoms with E-state index in [0.717, 1.165) is 30.0 Å². The highest BCUT2D eigenvalue weighted by molar-refractivity contribution is 6.00. The van der Waals surface area contributed by atoms with Gasteiger partial charge in [-0.25, -0.2) is 4.79 Å². The zero-order valence-corrected chi connectivity index (χ0v) is 23.8. The third kappa shape index (κ3) is 6.92. The van der Waals surface area contributed by atoms with E-state index in [9.17, 15) is 19.5 Å². The average Bonchev–Trinajstić information content (AvgIpc) is 2.85. The summed E-state index contributed by atoms with van der Waals surface area (Å²) >= 11 is 0. The summed E-state index contributed by atoms with van der Waals surface area (Å²) in [7, 11) is 0. The molecule has 8 nitrogen and oxygen atoms in total. The van der Waals surface area contributed by atoms with Crippen LogP contribution in [0, 0.1) is 5.92 Å². The number of nitrogens with zero attached hydrogens (tertiary/aromatic N) is 1. The van der Waals surface area contributed by atoms with Gasteiger partial charge in [-0.15, -0.1) is 0 Å². The van der Waals surface area contributed by atoms with Crippen molar-refractivity contribution in [1.29, 1.82) is 0 Å². The Bertz CT molecular complexity index is 1360. The maximum absolute atomic E-state index is 14.3. The molecule has 4 rings (SSSR count). The number of phenolic OH excluding ortho intramolecular Hbond substituents is 1. The van der Waals surface area contributed by atoms with Gasteiger partial charge in [0.1, 0.15) is 23.4 Å². The Morgan fingerprint density at radius 2 is 1.60 bits per heavy atom. The second kappa shape index (κ2) is 12.0. The lowest BCUT2D eigenvalue weighted by molar-refractivity contribution is -0.146. The van der Waals surface area contributed by atoms with Gasteiger partial charge in [-0.3, -0.25) is 9.59 Å². The van der Waals surface area contributed by atoms with Crippen LogP contribution in [0.15, 0.2) is 66.7 Å².